The molecule has 1 aromatic rings. The maximum Gasteiger partial charge on any atom is 0.347 e. The summed E-state index contributed by atoms with van der Waals surface area (Å²) >= 11 is 2.61. The second-order valence-electron chi connectivity index (χ2n) is 4.84. The van der Waals surface area contributed by atoms with E-state index in [1.807, 2.05) is 6.26 Å². The van der Waals surface area contributed by atoms with Gasteiger partial charge in [-0.05, 0) is 30.5 Å². The monoisotopic (exact) mass is 335 g/mol. The van der Waals surface area contributed by atoms with Gasteiger partial charge in [0.15, 0.2) is 0 Å². The highest BCUT2D eigenvalue weighted by Gasteiger charge is 2.35. The van der Waals surface area contributed by atoms with E-state index < -0.39 is 16.0 Å². The van der Waals surface area contributed by atoms with Crippen LogP contribution < -0.4 is 4.72 Å². The first-order valence-electron chi connectivity index (χ1n) is 6.26. The van der Waals surface area contributed by atoms with E-state index in [0.29, 0.717) is 6.54 Å². The molecule has 0 saturated heterocycles. The van der Waals surface area contributed by atoms with Crippen molar-refractivity contribution >= 4 is 39.1 Å². The molecule has 8 heteroatoms. The molecule has 0 aromatic carbocycles. The minimum atomic E-state index is -3.76. The van der Waals surface area contributed by atoms with Gasteiger partial charge < -0.3 is 5.11 Å². The van der Waals surface area contributed by atoms with Crippen LogP contribution in [0.15, 0.2) is 16.3 Å². The number of hydrogen-bond acceptors (Lipinski definition) is 5. The number of carbonyl (C=O) groups is 1. The van der Waals surface area contributed by atoms with E-state index >= 15 is 0 Å². The largest absolute Gasteiger partial charge is 0.477 e. The van der Waals surface area contributed by atoms with Crippen LogP contribution in [0.25, 0.3) is 0 Å². The number of sulfonamides is 1. The fourth-order valence-electron chi connectivity index (χ4n) is 2.44. The Hall–Kier alpha value is -0.570. The van der Waals surface area contributed by atoms with Crippen LogP contribution in [-0.2, 0) is 10.0 Å². The van der Waals surface area contributed by atoms with Crippen LogP contribution in [0.5, 0.6) is 0 Å². The average Bonchev–Trinajstić information content (AvgIpc) is 3.06. The molecule has 1 aliphatic carbocycles. The summed E-state index contributed by atoms with van der Waals surface area (Å²) in [7, 11) is -3.76. The summed E-state index contributed by atoms with van der Waals surface area (Å²) in [6, 6.07) is 1.34. The van der Waals surface area contributed by atoms with E-state index in [2.05, 4.69) is 4.72 Å². The predicted molar refractivity (Wildman–Crippen MR) is 81.2 cm³/mol. The summed E-state index contributed by atoms with van der Waals surface area (Å²) in [5, 5.41) is 10.5. The minimum absolute atomic E-state index is 0.0491. The molecule has 20 heavy (non-hydrogen) atoms. The number of thioether (sulfide) groups is 1. The lowest BCUT2D eigenvalue weighted by Crippen LogP contribution is -2.38. The van der Waals surface area contributed by atoms with Crippen LogP contribution in [-0.4, -0.2) is 37.0 Å². The van der Waals surface area contributed by atoms with Crippen molar-refractivity contribution in [1.82, 2.24) is 4.72 Å². The normalized spacial score (nSPS) is 18.2. The highest BCUT2D eigenvalue weighted by Crippen LogP contribution is 2.39. The molecule has 1 aromatic heterocycles. The fraction of sp³-hybridized carbons (Fsp3) is 0.583. The van der Waals surface area contributed by atoms with Gasteiger partial charge in [-0.1, -0.05) is 12.8 Å². The highest BCUT2D eigenvalue weighted by atomic mass is 32.2. The Bertz CT molecular complexity index is 588. The van der Waals surface area contributed by atoms with Crippen molar-refractivity contribution in [3.63, 3.8) is 0 Å². The van der Waals surface area contributed by atoms with Gasteiger partial charge in [-0.3, -0.25) is 0 Å². The van der Waals surface area contributed by atoms with Gasteiger partial charge in [0.05, 0.1) is 0 Å². The summed E-state index contributed by atoms with van der Waals surface area (Å²) < 4.78 is 27.0. The summed E-state index contributed by atoms with van der Waals surface area (Å²) in [5.41, 5.74) is 0. The van der Waals surface area contributed by atoms with E-state index in [1.165, 1.54) is 11.4 Å². The smallest absolute Gasteiger partial charge is 0.347 e. The molecule has 0 bridgehead atoms. The van der Waals surface area contributed by atoms with Crippen LogP contribution in [0.1, 0.15) is 35.4 Å². The topological polar surface area (TPSA) is 83.5 Å². The van der Waals surface area contributed by atoms with Crippen molar-refractivity contribution in [2.24, 2.45) is 0 Å². The van der Waals surface area contributed by atoms with Crippen LogP contribution in [0.4, 0.5) is 0 Å². The maximum atomic E-state index is 12.3. The Morgan fingerprint density at radius 3 is 2.70 bits per heavy atom. The highest BCUT2D eigenvalue weighted by molar-refractivity contribution is 8.00. The van der Waals surface area contributed by atoms with Gasteiger partial charge in [-0.2, -0.15) is 11.8 Å². The molecule has 0 atom stereocenters. The van der Waals surface area contributed by atoms with Crippen molar-refractivity contribution in [2.45, 2.75) is 35.3 Å². The third-order valence-corrected chi connectivity index (χ3v) is 7.54. The van der Waals surface area contributed by atoms with Crippen LogP contribution in [0.2, 0.25) is 0 Å². The zero-order valence-electron chi connectivity index (χ0n) is 11.1. The van der Waals surface area contributed by atoms with Gasteiger partial charge in [-0.15, -0.1) is 11.3 Å². The Balaban J connectivity index is 2.15. The molecule has 0 spiro atoms. The second kappa shape index (κ2) is 6.05. The molecule has 0 radical (unpaired) electrons. The minimum Gasteiger partial charge on any atom is -0.477 e. The molecular weight excluding hydrogens is 318 g/mol. The third-order valence-electron chi connectivity index (χ3n) is 3.65. The Morgan fingerprint density at radius 1 is 1.50 bits per heavy atom. The Kier molecular flexibility index (Phi) is 4.78. The van der Waals surface area contributed by atoms with E-state index in [1.54, 1.807) is 11.8 Å². The SMILES string of the molecule is CSC1(CNS(=O)(=O)c2ccsc2C(=O)O)CCCC1. The van der Waals surface area contributed by atoms with Crippen LogP contribution in [0, 0.1) is 0 Å². The van der Waals surface area contributed by atoms with E-state index in [0.717, 1.165) is 37.0 Å². The number of carboxylic acids is 1. The summed E-state index contributed by atoms with van der Waals surface area (Å²) in [6.07, 6.45) is 6.20. The van der Waals surface area contributed by atoms with Gasteiger partial charge in [0, 0.05) is 11.3 Å². The van der Waals surface area contributed by atoms with Crippen LogP contribution in [0.3, 0.4) is 0 Å². The third kappa shape index (κ3) is 3.19. The summed E-state index contributed by atoms with van der Waals surface area (Å²) in [4.78, 5) is 10.8. The first-order valence-corrected chi connectivity index (χ1v) is 9.85. The lowest BCUT2D eigenvalue weighted by atomic mass is 10.1. The van der Waals surface area contributed by atoms with E-state index in [4.69, 9.17) is 5.11 Å². The quantitative estimate of drug-likeness (QED) is 0.834. The molecule has 1 heterocycles. The fourth-order valence-corrected chi connectivity index (χ4v) is 5.83. The summed E-state index contributed by atoms with van der Waals surface area (Å²) in [5.74, 6) is -1.21. The van der Waals surface area contributed by atoms with Gasteiger partial charge in [0.1, 0.15) is 9.77 Å². The molecular formula is C12H17NO4S3. The molecule has 2 N–H and O–H groups in total. The Labute approximate surface area is 126 Å². The van der Waals surface area contributed by atoms with Gasteiger partial charge in [-0.25, -0.2) is 17.9 Å². The number of nitrogens with one attached hydrogen (secondary N) is 1. The van der Waals surface area contributed by atoms with Crippen molar-refractivity contribution in [1.29, 1.82) is 0 Å². The zero-order chi connectivity index (χ0) is 14.8. The van der Waals surface area contributed by atoms with Crippen molar-refractivity contribution in [3.05, 3.63) is 16.3 Å². The number of rotatable bonds is 6. The standard InChI is InChI=1S/C12H17NO4S3/c1-18-12(5-2-3-6-12)8-13-20(16,17)9-4-7-19-10(9)11(14)15/h4,7,13H,2-3,5-6,8H2,1H3,(H,14,15). The molecule has 112 valence electrons. The maximum absolute atomic E-state index is 12.3. The molecule has 5 nitrogen and oxygen atoms in total. The van der Waals surface area contributed by atoms with Crippen molar-refractivity contribution in [2.75, 3.05) is 12.8 Å². The van der Waals surface area contributed by atoms with Crippen molar-refractivity contribution < 1.29 is 18.3 Å². The van der Waals surface area contributed by atoms with Crippen molar-refractivity contribution in [3.8, 4) is 0 Å². The van der Waals surface area contributed by atoms with Gasteiger partial charge in [0.2, 0.25) is 10.0 Å². The first kappa shape index (κ1) is 15.8. The van der Waals surface area contributed by atoms with Crippen LogP contribution >= 0.6 is 23.1 Å². The van der Waals surface area contributed by atoms with E-state index in [-0.39, 0.29) is 14.5 Å². The lowest BCUT2D eigenvalue weighted by Gasteiger charge is -2.26. The van der Waals surface area contributed by atoms with Gasteiger partial charge >= 0.3 is 5.97 Å². The first-order chi connectivity index (χ1) is 9.40. The number of carboxylic acid groups (broad SMARTS) is 1. The predicted octanol–water partition coefficient (Wildman–Crippen LogP) is 2.40. The molecule has 0 unspecified atom stereocenters. The number of hydrogen-bond donors (Lipinski definition) is 2. The molecule has 0 aliphatic heterocycles. The average molecular weight is 335 g/mol. The molecule has 1 fully saturated rings. The number of aromatic carboxylic acids is 1. The summed E-state index contributed by atoms with van der Waals surface area (Å²) in [6.45, 7) is 0.353. The Morgan fingerprint density at radius 2 is 2.15 bits per heavy atom. The van der Waals surface area contributed by atoms with Gasteiger partial charge in [0.25, 0.3) is 0 Å². The molecule has 0 amide bonds. The zero-order valence-corrected chi connectivity index (χ0v) is 13.5. The number of thiophene rings is 1. The molecule has 1 saturated carbocycles. The van der Waals surface area contributed by atoms with E-state index in [9.17, 15) is 13.2 Å². The molecule has 1 aliphatic rings. The lowest BCUT2D eigenvalue weighted by molar-refractivity contribution is 0.0698. The molecule has 2 rings (SSSR count). The second-order valence-corrected chi connectivity index (χ2v) is 8.76.